The quantitative estimate of drug-likeness (QED) is 0.606. The fraction of sp³-hybridized carbons (Fsp3) is 0.125. The number of ether oxygens (including phenoxy) is 1. The van der Waals surface area contributed by atoms with Crippen molar-refractivity contribution in [2.45, 2.75) is 13.0 Å². The molecule has 0 unspecified atom stereocenters. The van der Waals surface area contributed by atoms with E-state index in [1.807, 2.05) is 12.1 Å². The van der Waals surface area contributed by atoms with Crippen LogP contribution in [0.15, 0.2) is 46.3 Å². The first-order chi connectivity index (χ1) is 10.9. The lowest BCUT2D eigenvalue weighted by Crippen LogP contribution is -2.29. The average Bonchev–Trinajstić information content (AvgIpc) is 2.90. The molecule has 0 saturated heterocycles. The minimum absolute atomic E-state index is 0.303. The summed E-state index contributed by atoms with van der Waals surface area (Å²) in [7, 11) is 0. The SMILES string of the molecule is C[C@@H](OC(=O)/C=C/c1ccc(Br)s1)C(=O)Nc1cccc(F)c1. The van der Waals surface area contributed by atoms with Gasteiger partial charge in [0.2, 0.25) is 0 Å². The number of hydrogen-bond acceptors (Lipinski definition) is 4. The number of amides is 1. The van der Waals surface area contributed by atoms with E-state index in [9.17, 15) is 14.0 Å². The monoisotopic (exact) mass is 397 g/mol. The van der Waals surface area contributed by atoms with E-state index in [4.69, 9.17) is 4.74 Å². The van der Waals surface area contributed by atoms with Crippen LogP contribution in [0, 0.1) is 5.82 Å². The first kappa shape index (κ1) is 17.4. The van der Waals surface area contributed by atoms with E-state index >= 15 is 0 Å². The third-order valence-electron chi connectivity index (χ3n) is 2.73. The molecule has 0 radical (unpaired) electrons. The highest BCUT2D eigenvalue weighted by Gasteiger charge is 2.16. The summed E-state index contributed by atoms with van der Waals surface area (Å²) in [4.78, 5) is 24.5. The van der Waals surface area contributed by atoms with Crippen LogP contribution in [0.1, 0.15) is 11.8 Å². The molecule has 0 bridgehead atoms. The first-order valence-corrected chi connectivity index (χ1v) is 8.25. The predicted octanol–water partition coefficient (Wildman–Crippen LogP) is 4.23. The van der Waals surface area contributed by atoms with E-state index in [1.165, 1.54) is 42.5 Å². The summed E-state index contributed by atoms with van der Waals surface area (Å²) in [5.41, 5.74) is 0.303. The zero-order valence-corrected chi connectivity index (χ0v) is 14.5. The summed E-state index contributed by atoms with van der Waals surface area (Å²) in [5.74, 6) is -1.62. The topological polar surface area (TPSA) is 55.4 Å². The van der Waals surface area contributed by atoms with Crippen LogP contribution in [0.2, 0.25) is 0 Å². The molecule has 2 aromatic rings. The predicted molar refractivity (Wildman–Crippen MR) is 91.6 cm³/mol. The number of benzene rings is 1. The Morgan fingerprint density at radius 2 is 2.13 bits per heavy atom. The van der Waals surface area contributed by atoms with Gasteiger partial charge in [-0.2, -0.15) is 0 Å². The highest BCUT2D eigenvalue weighted by Crippen LogP contribution is 2.23. The van der Waals surface area contributed by atoms with E-state index in [0.717, 1.165) is 8.66 Å². The second-order valence-electron chi connectivity index (χ2n) is 4.55. The fourth-order valence-electron chi connectivity index (χ4n) is 1.65. The Balaban J connectivity index is 1.87. The van der Waals surface area contributed by atoms with Crippen LogP contribution in [-0.2, 0) is 14.3 Å². The van der Waals surface area contributed by atoms with Crippen molar-refractivity contribution in [3.05, 3.63) is 57.0 Å². The van der Waals surface area contributed by atoms with Crippen molar-refractivity contribution in [2.75, 3.05) is 5.32 Å². The second kappa shape index (κ2) is 8.03. The molecule has 0 saturated carbocycles. The smallest absolute Gasteiger partial charge is 0.331 e. The molecule has 1 N–H and O–H groups in total. The zero-order chi connectivity index (χ0) is 16.8. The van der Waals surface area contributed by atoms with Crippen LogP contribution in [-0.4, -0.2) is 18.0 Å². The van der Waals surface area contributed by atoms with Crippen LogP contribution in [0.4, 0.5) is 10.1 Å². The largest absolute Gasteiger partial charge is 0.449 e. The summed E-state index contributed by atoms with van der Waals surface area (Å²) in [6.07, 6.45) is 1.87. The van der Waals surface area contributed by atoms with Crippen molar-refractivity contribution in [1.82, 2.24) is 0 Å². The maximum atomic E-state index is 13.0. The highest BCUT2D eigenvalue weighted by molar-refractivity contribution is 9.11. The molecule has 0 fully saturated rings. The summed E-state index contributed by atoms with van der Waals surface area (Å²) in [6, 6.07) is 9.19. The number of nitrogens with one attached hydrogen (secondary N) is 1. The molecule has 120 valence electrons. The second-order valence-corrected chi connectivity index (χ2v) is 7.05. The number of carbonyl (C=O) groups excluding carboxylic acids is 2. The van der Waals surface area contributed by atoms with E-state index in [-0.39, 0.29) is 0 Å². The summed E-state index contributed by atoms with van der Waals surface area (Å²) in [5, 5.41) is 2.48. The van der Waals surface area contributed by atoms with Gasteiger partial charge in [0.25, 0.3) is 5.91 Å². The molecule has 1 aromatic heterocycles. The summed E-state index contributed by atoms with van der Waals surface area (Å²) in [6.45, 7) is 1.45. The first-order valence-electron chi connectivity index (χ1n) is 6.64. The minimum atomic E-state index is -0.995. The standard InChI is InChI=1S/C16H13BrFNO3S/c1-10(16(21)19-12-4-2-3-11(18)9-12)22-15(20)8-6-13-5-7-14(17)23-13/h2-10H,1H3,(H,19,21)/b8-6+/t10-/m1/s1. The van der Waals surface area contributed by atoms with Crippen LogP contribution in [0.3, 0.4) is 0 Å². The highest BCUT2D eigenvalue weighted by atomic mass is 79.9. The molecule has 0 aliphatic heterocycles. The molecule has 1 aromatic carbocycles. The molecule has 23 heavy (non-hydrogen) atoms. The molecule has 1 amide bonds. The molecule has 1 atom stereocenters. The zero-order valence-electron chi connectivity index (χ0n) is 12.1. The summed E-state index contributed by atoms with van der Waals surface area (Å²) >= 11 is 4.79. The van der Waals surface area contributed by atoms with Gasteiger partial charge in [0, 0.05) is 16.6 Å². The van der Waals surface area contributed by atoms with Crippen LogP contribution < -0.4 is 5.32 Å². The van der Waals surface area contributed by atoms with Crippen LogP contribution >= 0.6 is 27.3 Å². The van der Waals surface area contributed by atoms with Crippen LogP contribution in [0.25, 0.3) is 6.08 Å². The molecule has 4 nitrogen and oxygen atoms in total. The van der Waals surface area contributed by atoms with E-state index < -0.39 is 23.8 Å². The van der Waals surface area contributed by atoms with E-state index in [2.05, 4.69) is 21.2 Å². The molecule has 1 heterocycles. The number of esters is 1. The molecule has 7 heteroatoms. The molecule has 0 aliphatic carbocycles. The van der Waals surface area contributed by atoms with Gasteiger partial charge in [-0.05, 0) is 59.3 Å². The summed E-state index contributed by atoms with van der Waals surface area (Å²) < 4.78 is 19.0. The Hall–Kier alpha value is -1.99. The van der Waals surface area contributed by atoms with Gasteiger partial charge >= 0.3 is 5.97 Å². The number of halogens is 2. The molecule has 2 rings (SSSR count). The number of anilines is 1. The lowest BCUT2D eigenvalue weighted by atomic mass is 10.3. The van der Waals surface area contributed by atoms with Gasteiger partial charge in [0.15, 0.2) is 6.10 Å². The lowest BCUT2D eigenvalue weighted by molar-refractivity contribution is -0.148. The Kier molecular flexibility index (Phi) is 6.06. The maximum Gasteiger partial charge on any atom is 0.331 e. The molecule has 0 aliphatic rings. The fourth-order valence-corrected chi connectivity index (χ4v) is 2.97. The number of thiophene rings is 1. The van der Waals surface area contributed by atoms with Gasteiger partial charge < -0.3 is 10.1 Å². The van der Waals surface area contributed by atoms with Crippen molar-refractivity contribution in [3.63, 3.8) is 0 Å². The van der Waals surface area contributed by atoms with Gasteiger partial charge in [-0.15, -0.1) is 11.3 Å². The van der Waals surface area contributed by atoms with Gasteiger partial charge in [0.1, 0.15) is 5.82 Å². The van der Waals surface area contributed by atoms with Gasteiger partial charge in [-0.25, -0.2) is 9.18 Å². The lowest BCUT2D eigenvalue weighted by Gasteiger charge is -2.12. The van der Waals surface area contributed by atoms with Crippen molar-refractivity contribution in [1.29, 1.82) is 0 Å². The van der Waals surface area contributed by atoms with Crippen molar-refractivity contribution >= 4 is 50.9 Å². The van der Waals surface area contributed by atoms with E-state index in [0.29, 0.717) is 5.69 Å². The number of carbonyl (C=O) groups is 2. The molecular weight excluding hydrogens is 385 g/mol. The normalized spacial score (nSPS) is 12.1. The van der Waals surface area contributed by atoms with Gasteiger partial charge in [-0.3, -0.25) is 4.79 Å². The van der Waals surface area contributed by atoms with Gasteiger partial charge in [0.05, 0.1) is 3.79 Å². The molecular formula is C16H13BrFNO3S. The molecule has 0 spiro atoms. The van der Waals surface area contributed by atoms with Gasteiger partial charge in [-0.1, -0.05) is 6.07 Å². The minimum Gasteiger partial charge on any atom is -0.449 e. The Bertz CT molecular complexity index is 744. The average molecular weight is 398 g/mol. The third kappa shape index (κ3) is 5.61. The van der Waals surface area contributed by atoms with Crippen LogP contribution in [0.5, 0.6) is 0 Å². The van der Waals surface area contributed by atoms with Crippen molar-refractivity contribution in [3.8, 4) is 0 Å². The Labute approximate surface area is 145 Å². The Morgan fingerprint density at radius 1 is 1.35 bits per heavy atom. The Morgan fingerprint density at radius 3 is 2.78 bits per heavy atom. The number of rotatable bonds is 5. The van der Waals surface area contributed by atoms with Crippen molar-refractivity contribution < 1.29 is 18.7 Å². The number of hydrogen-bond donors (Lipinski definition) is 1. The van der Waals surface area contributed by atoms with Crippen molar-refractivity contribution in [2.24, 2.45) is 0 Å². The maximum absolute atomic E-state index is 13.0. The van der Waals surface area contributed by atoms with E-state index in [1.54, 1.807) is 12.1 Å². The third-order valence-corrected chi connectivity index (χ3v) is 4.32.